The summed E-state index contributed by atoms with van der Waals surface area (Å²) in [6, 6.07) is 12.7. The van der Waals surface area contributed by atoms with E-state index >= 15 is 0 Å². The number of methoxy groups -OCH3 is 2. The largest absolute Gasteiger partial charge is 0.497 e. The molecule has 10 heteroatoms. The summed E-state index contributed by atoms with van der Waals surface area (Å²) in [5.41, 5.74) is 0.831. The number of carbonyl (C=O) groups is 1. The smallest absolute Gasteiger partial charge is 0.230 e. The highest BCUT2D eigenvalue weighted by Gasteiger charge is 2.28. The second-order valence-corrected chi connectivity index (χ2v) is 8.73. The number of allylic oxidation sites excluding steroid dienone is 1. The van der Waals surface area contributed by atoms with E-state index in [1.165, 1.54) is 11.8 Å². The molecule has 35 heavy (non-hydrogen) atoms. The maximum atomic E-state index is 12.7. The van der Waals surface area contributed by atoms with Crippen LogP contribution in [0.1, 0.15) is 30.5 Å². The number of para-hydroxylation sites is 2. The molecule has 1 aliphatic heterocycles. The number of benzene rings is 2. The number of hydrogen-bond donors (Lipinski definition) is 1. The van der Waals surface area contributed by atoms with Crippen LogP contribution in [0.4, 0.5) is 0 Å². The Kier molecular flexibility index (Phi) is 7.81. The summed E-state index contributed by atoms with van der Waals surface area (Å²) >= 11 is 1.30. The summed E-state index contributed by atoms with van der Waals surface area (Å²) in [5, 5.41) is 12.2. The van der Waals surface area contributed by atoms with Gasteiger partial charge in [0.25, 0.3) is 0 Å². The number of fused-ring (bicyclic) bond motifs is 1. The summed E-state index contributed by atoms with van der Waals surface area (Å²) < 4.78 is 24.6. The van der Waals surface area contributed by atoms with Gasteiger partial charge in [0, 0.05) is 12.1 Å². The molecule has 0 unspecified atom stereocenters. The highest BCUT2D eigenvalue weighted by molar-refractivity contribution is 7.99. The molecule has 0 radical (unpaired) electrons. The van der Waals surface area contributed by atoms with Gasteiger partial charge in [0.05, 0.1) is 26.0 Å². The molecule has 0 spiro atoms. The number of amides is 1. The van der Waals surface area contributed by atoms with Crippen LogP contribution < -0.4 is 24.3 Å². The molecule has 4 rings (SSSR count). The first-order valence-electron chi connectivity index (χ1n) is 11.1. The van der Waals surface area contributed by atoms with Crippen molar-refractivity contribution >= 4 is 17.7 Å². The Morgan fingerprint density at radius 3 is 2.80 bits per heavy atom. The Hall–Kier alpha value is -3.66. The molecule has 0 bridgehead atoms. The van der Waals surface area contributed by atoms with Crippen LogP contribution in [0.15, 0.2) is 60.3 Å². The van der Waals surface area contributed by atoms with Gasteiger partial charge in [-0.05, 0) is 37.3 Å². The first-order chi connectivity index (χ1) is 17.0. The molecule has 0 aliphatic carbocycles. The molecule has 2 heterocycles. The third kappa shape index (κ3) is 5.54. The van der Waals surface area contributed by atoms with Gasteiger partial charge in [0.1, 0.15) is 18.1 Å². The number of hydrogen-bond acceptors (Lipinski definition) is 8. The van der Waals surface area contributed by atoms with Crippen molar-refractivity contribution in [3.05, 3.63) is 66.5 Å². The average Bonchev–Trinajstić information content (AvgIpc) is 3.29. The van der Waals surface area contributed by atoms with E-state index in [2.05, 4.69) is 22.1 Å². The first kappa shape index (κ1) is 24.5. The van der Waals surface area contributed by atoms with Crippen molar-refractivity contribution < 1.29 is 23.7 Å². The molecule has 3 aromatic rings. The van der Waals surface area contributed by atoms with E-state index in [9.17, 15) is 4.79 Å². The lowest BCUT2D eigenvalue weighted by molar-refractivity contribution is -0.119. The van der Waals surface area contributed by atoms with Gasteiger partial charge < -0.3 is 24.3 Å². The normalized spacial score (nSPS) is 15.2. The lowest BCUT2D eigenvalue weighted by Gasteiger charge is -2.26. The van der Waals surface area contributed by atoms with Gasteiger partial charge in [0.2, 0.25) is 5.91 Å². The molecule has 1 N–H and O–H groups in total. The number of nitrogens with zero attached hydrogens (tertiary/aromatic N) is 3. The predicted octanol–water partition coefficient (Wildman–Crippen LogP) is 3.96. The number of nitrogens with one attached hydrogen (secondary N) is 1. The van der Waals surface area contributed by atoms with Gasteiger partial charge in [-0.3, -0.25) is 9.36 Å². The van der Waals surface area contributed by atoms with E-state index in [1.807, 2.05) is 54.0 Å². The molecule has 1 amide bonds. The van der Waals surface area contributed by atoms with Crippen molar-refractivity contribution in [2.45, 2.75) is 30.8 Å². The fourth-order valence-corrected chi connectivity index (χ4v) is 4.53. The fraction of sp³-hybridized carbons (Fsp3) is 0.320. The summed E-state index contributed by atoms with van der Waals surface area (Å²) in [4.78, 5) is 12.7. The second-order valence-electron chi connectivity index (χ2n) is 7.79. The fourth-order valence-electron chi connectivity index (χ4n) is 3.76. The maximum Gasteiger partial charge on any atom is 0.230 e. The van der Waals surface area contributed by atoms with Crippen LogP contribution in [0.25, 0.3) is 0 Å². The minimum atomic E-state index is -0.416. The monoisotopic (exact) mass is 496 g/mol. The van der Waals surface area contributed by atoms with Crippen LogP contribution in [0.5, 0.6) is 23.0 Å². The average molecular weight is 497 g/mol. The Morgan fingerprint density at radius 1 is 1.26 bits per heavy atom. The maximum absolute atomic E-state index is 12.7. The van der Waals surface area contributed by atoms with E-state index in [1.54, 1.807) is 20.3 Å². The Labute approximate surface area is 208 Å². The van der Waals surface area contributed by atoms with Gasteiger partial charge in [-0.2, -0.15) is 0 Å². The zero-order valence-electron chi connectivity index (χ0n) is 19.9. The van der Waals surface area contributed by atoms with Crippen LogP contribution in [-0.2, 0) is 11.3 Å². The minimum Gasteiger partial charge on any atom is -0.497 e. The van der Waals surface area contributed by atoms with Crippen LogP contribution in [0, 0.1) is 0 Å². The molecule has 0 saturated heterocycles. The number of thioether (sulfide) groups is 1. The van der Waals surface area contributed by atoms with Crippen LogP contribution >= 0.6 is 11.8 Å². The van der Waals surface area contributed by atoms with E-state index in [4.69, 9.17) is 18.9 Å². The molecule has 0 fully saturated rings. The summed E-state index contributed by atoms with van der Waals surface area (Å²) in [6.07, 6.45) is 1.34. The third-order valence-electron chi connectivity index (χ3n) is 5.47. The number of aromatic nitrogens is 3. The molecule has 1 aromatic heterocycles. The number of rotatable bonds is 10. The van der Waals surface area contributed by atoms with E-state index < -0.39 is 6.10 Å². The molecule has 9 nitrogen and oxygen atoms in total. The molecule has 2 atom stereocenters. The van der Waals surface area contributed by atoms with Gasteiger partial charge in [-0.1, -0.05) is 30.0 Å². The minimum absolute atomic E-state index is 0.145. The topological polar surface area (TPSA) is 96.7 Å². The zero-order valence-corrected chi connectivity index (χ0v) is 20.7. The highest BCUT2D eigenvalue weighted by atomic mass is 32.2. The summed E-state index contributed by atoms with van der Waals surface area (Å²) in [5.74, 6) is 3.37. The van der Waals surface area contributed by atoms with Gasteiger partial charge >= 0.3 is 0 Å². The standard InChI is InChI=1S/C25H28N4O5S/c1-5-12-29-24(22-14-33-20-8-6-7-9-21(20)34-22)27-28-25(29)35-15-23(30)26-16(2)18-13-17(31-3)10-11-19(18)32-4/h5-11,13,16,22H,1,12,14-15H2,2-4H3,(H,26,30)/t16-,22+/m1/s1. The van der Waals surface area contributed by atoms with Gasteiger partial charge in [0.15, 0.2) is 28.6 Å². The zero-order chi connectivity index (χ0) is 24.8. The Morgan fingerprint density at radius 2 is 2.06 bits per heavy atom. The quantitative estimate of drug-likeness (QED) is 0.333. The van der Waals surface area contributed by atoms with Crippen molar-refractivity contribution in [1.29, 1.82) is 0 Å². The van der Waals surface area contributed by atoms with E-state index in [0.717, 1.165) is 5.56 Å². The number of ether oxygens (including phenoxy) is 4. The summed E-state index contributed by atoms with van der Waals surface area (Å²) in [7, 11) is 3.20. The van der Waals surface area contributed by atoms with Crippen molar-refractivity contribution in [2.24, 2.45) is 0 Å². The molecular weight excluding hydrogens is 468 g/mol. The third-order valence-corrected chi connectivity index (χ3v) is 6.43. The van der Waals surface area contributed by atoms with Crippen LogP contribution in [-0.4, -0.2) is 47.3 Å². The van der Waals surface area contributed by atoms with Crippen molar-refractivity contribution in [1.82, 2.24) is 20.1 Å². The Balaban J connectivity index is 1.42. The van der Waals surface area contributed by atoms with Crippen molar-refractivity contribution in [2.75, 3.05) is 26.6 Å². The molecule has 184 valence electrons. The van der Waals surface area contributed by atoms with Gasteiger partial charge in [-0.15, -0.1) is 16.8 Å². The Bertz CT molecular complexity index is 1200. The van der Waals surface area contributed by atoms with Crippen LogP contribution in [0.3, 0.4) is 0 Å². The first-order valence-corrected chi connectivity index (χ1v) is 12.1. The molecule has 0 saturated carbocycles. The lowest BCUT2D eigenvalue weighted by Crippen LogP contribution is -2.28. The molecular formula is C25H28N4O5S. The predicted molar refractivity (Wildman–Crippen MR) is 132 cm³/mol. The van der Waals surface area contributed by atoms with Crippen molar-refractivity contribution in [3.63, 3.8) is 0 Å². The van der Waals surface area contributed by atoms with E-state index in [-0.39, 0.29) is 17.7 Å². The van der Waals surface area contributed by atoms with Crippen LogP contribution in [0.2, 0.25) is 0 Å². The highest BCUT2D eigenvalue weighted by Crippen LogP contribution is 2.36. The molecule has 1 aliphatic rings. The van der Waals surface area contributed by atoms with Gasteiger partial charge in [-0.25, -0.2) is 0 Å². The number of carbonyl (C=O) groups excluding carboxylic acids is 1. The molecule has 2 aromatic carbocycles. The lowest BCUT2D eigenvalue weighted by atomic mass is 10.1. The van der Waals surface area contributed by atoms with E-state index in [0.29, 0.717) is 47.1 Å². The summed E-state index contributed by atoms with van der Waals surface area (Å²) in [6.45, 7) is 6.53. The van der Waals surface area contributed by atoms with Crippen molar-refractivity contribution in [3.8, 4) is 23.0 Å². The SMILES string of the molecule is C=CCn1c(SCC(=O)N[C@H](C)c2cc(OC)ccc2OC)nnc1[C@@H]1COc2ccccc2O1. The second kappa shape index (κ2) is 11.2.